The molecule has 0 heterocycles. The van der Waals surface area contributed by atoms with Gasteiger partial charge in [0.25, 0.3) is 0 Å². The maximum Gasteiger partial charge on any atom is 0.191 e. The van der Waals surface area contributed by atoms with Gasteiger partial charge in [0.1, 0.15) is 17.5 Å². The van der Waals surface area contributed by atoms with Crippen molar-refractivity contribution < 1.29 is 13.2 Å². The Morgan fingerprint density at radius 3 is 2.16 bits per heavy atom. The molecule has 0 aliphatic rings. The normalized spacial score (nSPS) is 11.5. The molecule has 0 aliphatic carbocycles. The average Bonchev–Trinajstić information content (AvgIpc) is 2.59. The summed E-state index contributed by atoms with van der Waals surface area (Å²) < 4.78 is 40.2. The first-order valence-corrected chi connectivity index (χ1v) is 9.07. The van der Waals surface area contributed by atoms with Gasteiger partial charge in [-0.05, 0) is 47.7 Å². The quantitative estimate of drug-likeness (QED) is 0.602. The van der Waals surface area contributed by atoms with Crippen molar-refractivity contribution in [3.63, 3.8) is 0 Å². The van der Waals surface area contributed by atoms with Crippen molar-refractivity contribution in [3.05, 3.63) is 70.5 Å². The number of hydrogen-bond acceptors (Lipinski definition) is 2. The second-order valence-corrected chi connectivity index (χ2v) is 6.23. The van der Waals surface area contributed by atoms with E-state index in [2.05, 4.69) is 15.6 Å². The second-order valence-electron chi connectivity index (χ2n) is 5.36. The van der Waals surface area contributed by atoms with Crippen molar-refractivity contribution >= 4 is 17.7 Å². The van der Waals surface area contributed by atoms with Crippen molar-refractivity contribution in [1.82, 2.24) is 10.6 Å². The standard InChI is InChI=1S/C18H20F3N3S/c1-22-18(24-10-13-7-16(20)5-6-17(13)21)23-9-12-3-4-15(19)8-14(12)11-25-2/h3-8H,9-11H2,1-2H3,(H2,22,23,24). The predicted octanol–water partition coefficient (Wildman–Crippen LogP) is 3.83. The summed E-state index contributed by atoms with van der Waals surface area (Å²) in [7, 11) is 1.59. The van der Waals surface area contributed by atoms with E-state index in [-0.39, 0.29) is 17.9 Å². The largest absolute Gasteiger partial charge is 0.352 e. The maximum atomic E-state index is 13.6. The van der Waals surface area contributed by atoms with E-state index < -0.39 is 11.6 Å². The summed E-state index contributed by atoms with van der Waals surface area (Å²) in [6.07, 6.45) is 1.95. The molecule has 0 amide bonds. The third-order valence-electron chi connectivity index (χ3n) is 3.59. The van der Waals surface area contributed by atoms with Crippen molar-refractivity contribution in [2.24, 2.45) is 4.99 Å². The van der Waals surface area contributed by atoms with E-state index >= 15 is 0 Å². The molecular weight excluding hydrogens is 347 g/mol. The van der Waals surface area contributed by atoms with Crippen LogP contribution in [-0.4, -0.2) is 19.3 Å². The molecule has 0 fully saturated rings. The minimum absolute atomic E-state index is 0.102. The summed E-state index contributed by atoms with van der Waals surface area (Å²) >= 11 is 1.61. The number of benzene rings is 2. The van der Waals surface area contributed by atoms with Gasteiger partial charge in [-0.15, -0.1) is 0 Å². The summed E-state index contributed by atoms with van der Waals surface area (Å²) in [6, 6.07) is 7.98. The molecule has 0 atom stereocenters. The van der Waals surface area contributed by atoms with Crippen LogP contribution < -0.4 is 10.6 Å². The monoisotopic (exact) mass is 367 g/mol. The highest BCUT2D eigenvalue weighted by Gasteiger charge is 2.07. The highest BCUT2D eigenvalue weighted by Crippen LogP contribution is 2.16. The number of nitrogens with one attached hydrogen (secondary N) is 2. The fourth-order valence-electron chi connectivity index (χ4n) is 2.31. The minimum atomic E-state index is -0.492. The molecule has 0 aromatic heterocycles. The van der Waals surface area contributed by atoms with Crippen molar-refractivity contribution in [2.45, 2.75) is 18.8 Å². The first-order valence-electron chi connectivity index (χ1n) is 7.68. The first-order chi connectivity index (χ1) is 12.0. The number of hydrogen-bond donors (Lipinski definition) is 2. The number of halogens is 3. The number of aliphatic imine (C=N–C) groups is 1. The molecule has 7 heteroatoms. The Balaban J connectivity index is 1.98. The molecule has 2 rings (SSSR count). The van der Waals surface area contributed by atoms with Crippen LogP contribution in [-0.2, 0) is 18.8 Å². The van der Waals surface area contributed by atoms with Gasteiger partial charge in [-0.25, -0.2) is 13.2 Å². The number of nitrogens with zero attached hydrogens (tertiary/aromatic N) is 1. The van der Waals surface area contributed by atoms with E-state index in [9.17, 15) is 13.2 Å². The third kappa shape index (κ3) is 5.70. The molecule has 0 radical (unpaired) electrons. The fourth-order valence-corrected chi connectivity index (χ4v) is 2.89. The summed E-state index contributed by atoms with van der Waals surface area (Å²) in [5, 5.41) is 6.04. The van der Waals surface area contributed by atoms with Crippen LogP contribution in [0.2, 0.25) is 0 Å². The van der Waals surface area contributed by atoms with Gasteiger partial charge >= 0.3 is 0 Å². The van der Waals surface area contributed by atoms with Crippen LogP contribution in [0.1, 0.15) is 16.7 Å². The topological polar surface area (TPSA) is 36.4 Å². The molecule has 0 saturated heterocycles. The van der Waals surface area contributed by atoms with Crippen molar-refractivity contribution in [1.29, 1.82) is 0 Å². The average molecular weight is 367 g/mol. The summed E-state index contributed by atoms with van der Waals surface area (Å²) in [5.41, 5.74) is 2.08. The first kappa shape index (κ1) is 19.2. The molecule has 2 N–H and O–H groups in total. The lowest BCUT2D eigenvalue weighted by atomic mass is 10.1. The van der Waals surface area contributed by atoms with Gasteiger partial charge in [0, 0.05) is 31.5 Å². The molecule has 2 aromatic rings. The molecule has 0 spiro atoms. The molecule has 0 aliphatic heterocycles. The van der Waals surface area contributed by atoms with E-state index in [1.54, 1.807) is 24.9 Å². The van der Waals surface area contributed by atoms with Crippen LogP contribution in [0, 0.1) is 17.5 Å². The van der Waals surface area contributed by atoms with Gasteiger partial charge in [-0.3, -0.25) is 4.99 Å². The van der Waals surface area contributed by atoms with Crippen LogP contribution in [0.15, 0.2) is 41.4 Å². The SMILES string of the molecule is CN=C(NCc1cc(F)ccc1F)NCc1ccc(F)cc1CSC. The molecule has 134 valence electrons. The molecule has 0 bridgehead atoms. The van der Waals surface area contributed by atoms with Crippen LogP contribution in [0.25, 0.3) is 0 Å². The predicted molar refractivity (Wildman–Crippen MR) is 97.0 cm³/mol. The van der Waals surface area contributed by atoms with Gasteiger partial charge in [0.2, 0.25) is 0 Å². The second kappa shape index (κ2) is 9.36. The Morgan fingerprint density at radius 2 is 1.52 bits per heavy atom. The Labute approximate surface area is 149 Å². The lowest BCUT2D eigenvalue weighted by Crippen LogP contribution is -2.36. The Bertz CT molecular complexity index is 750. The Kier molecular flexibility index (Phi) is 7.18. The lowest BCUT2D eigenvalue weighted by molar-refractivity contribution is 0.581. The van der Waals surface area contributed by atoms with Gasteiger partial charge in [-0.2, -0.15) is 11.8 Å². The smallest absolute Gasteiger partial charge is 0.191 e. The molecule has 3 nitrogen and oxygen atoms in total. The van der Waals surface area contributed by atoms with Gasteiger partial charge in [0.05, 0.1) is 0 Å². The molecule has 2 aromatic carbocycles. The summed E-state index contributed by atoms with van der Waals surface area (Å²) in [6.45, 7) is 0.547. The van der Waals surface area contributed by atoms with Crippen LogP contribution in [0.3, 0.4) is 0 Å². The molecular formula is C18H20F3N3S. The zero-order valence-electron chi connectivity index (χ0n) is 14.1. The number of rotatable bonds is 6. The summed E-state index contributed by atoms with van der Waals surface area (Å²) in [4.78, 5) is 4.06. The maximum absolute atomic E-state index is 13.6. The van der Waals surface area contributed by atoms with E-state index in [1.165, 1.54) is 12.1 Å². The van der Waals surface area contributed by atoms with Crippen LogP contribution >= 0.6 is 11.8 Å². The number of guanidine groups is 1. The van der Waals surface area contributed by atoms with E-state index in [4.69, 9.17) is 0 Å². The lowest BCUT2D eigenvalue weighted by Gasteiger charge is -2.14. The fraction of sp³-hybridized carbons (Fsp3) is 0.278. The van der Waals surface area contributed by atoms with E-state index in [0.29, 0.717) is 18.3 Å². The van der Waals surface area contributed by atoms with Crippen molar-refractivity contribution in [3.8, 4) is 0 Å². The minimum Gasteiger partial charge on any atom is -0.352 e. The zero-order chi connectivity index (χ0) is 18.2. The van der Waals surface area contributed by atoms with Crippen LogP contribution in [0.5, 0.6) is 0 Å². The Morgan fingerprint density at radius 1 is 0.920 bits per heavy atom. The highest BCUT2D eigenvalue weighted by atomic mass is 32.2. The van der Waals surface area contributed by atoms with Gasteiger partial charge in [-0.1, -0.05) is 6.07 Å². The number of thioether (sulfide) groups is 1. The highest BCUT2D eigenvalue weighted by molar-refractivity contribution is 7.97. The zero-order valence-corrected chi connectivity index (χ0v) is 14.9. The van der Waals surface area contributed by atoms with Gasteiger partial charge in [0.15, 0.2) is 5.96 Å². The van der Waals surface area contributed by atoms with E-state index in [1.807, 2.05) is 6.26 Å². The summed E-state index contributed by atoms with van der Waals surface area (Å²) in [5.74, 6) is -0.0887. The van der Waals surface area contributed by atoms with Gasteiger partial charge < -0.3 is 10.6 Å². The molecule has 25 heavy (non-hydrogen) atoms. The molecule has 0 unspecified atom stereocenters. The third-order valence-corrected chi connectivity index (χ3v) is 4.19. The van der Waals surface area contributed by atoms with Crippen LogP contribution in [0.4, 0.5) is 13.2 Å². The molecule has 0 saturated carbocycles. The Hall–Kier alpha value is -2.15. The van der Waals surface area contributed by atoms with Crippen molar-refractivity contribution in [2.75, 3.05) is 13.3 Å². The van der Waals surface area contributed by atoms with E-state index in [0.717, 1.165) is 29.3 Å².